The van der Waals surface area contributed by atoms with Crippen LogP contribution >= 0.6 is 0 Å². The second-order valence-electron chi connectivity index (χ2n) is 7.09. The van der Waals surface area contributed by atoms with Crippen LogP contribution in [0.3, 0.4) is 0 Å². The Balaban J connectivity index is 1.42. The average molecular weight is 341 g/mol. The van der Waals surface area contributed by atoms with E-state index in [9.17, 15) is 9.90 Å². The molecule has 0 radical (unpaired) electrons. The molecule has 0 aliphatic carbocycles. The lowest BCUT2D eigenvalue weighted by Gasteiger charge is -2.28. The molecule has 4 rings (SSSR count). The van der Waals surface area contributed by atoms with Crippen molar-refractivity contribution in [3.63, 3.8) is 0 Å². The van der Waals surface area contributed by atoms with E-state index in [1.54, 1.807) is 23.4 Å². The fourth-order valence-corrected chi connectivity index (χ4v) is 3.78. The molecule has 4 heterocycles. The van der Waals surface area contributed by atoms with Gasteiger partial charge in [0.25, 0.3) is 5.91 Å². The van der Waals surface area contributed by atoms with Gasteiger partial charge in [-0.25, -0.2) is 0 Å². The van der Waals surface area contributed by atoms with Gasteiger partial charge in [0.15, 0.2) is 0 Å². The Labute approximate surface area is 146 Å². The fourth-order valence-electron chi connectivity index (χ4n) is 3.78. The van der Waals surface area contributed by atoms with Crippen molar-refractivity contribution in [2.75, 3.05) is 32.7 Å². The number of nitrogens with one attached hydrogen (secondary N) is 1. The first-order valence-corrected chi connectivity index (χ1v) is 8.83. The van der Waals surface area contributed by atoms with Crippen molar-refractivity contribution < 1.29 is 9.90 Å². The summed E-state index contributed by atoms with van der Waals surface area (Å²) in [5.41, 5.74) is 1.21. The third-order valence-electron chi connectivity index (χ3n) is 5.10. The number of carbonyl (C=O) groups is 1. The number of likely N-dealkylation sites (tertiary alicyclic amines) is 2. The molecule has 0 saturated carbocycles. The number of aromatic amines is 1. The van der Waals surface area contributed by atoms with Gasteiger partial charge in [-0.05, 0) is 50.6 Å². The van der Waals surface area contributed by atoms with E-state index < -0.39 is 5.60 Å². The number of aromatic nitrogens is 3. The number of β-amino-alcohol motifs (C(OH)–C–C–N with tert-alkyl or cyclic N) is 1. The normalized spacial score (nSPS) is 24.1. The molecule has 7 nitrogen and oxygen atoms in total. The monoisotopic (exact) mass is 341 g/mol. The van der Waals surface area contributed by atoms with Crippen LogP contribution in [-0.4, -0.2) is 74.3 Å². The van der Waals surface area contributed by atoms with Crippen LogP contribution < -0.4 is 0 Å². The van der Waals surface area contributed by atoms with Gasteiger partial charge in [-0.15, -0.1) is 0 Å². The van der Waals surface area contributed by atoms with E-state index in [1.807, 2.05) is 12.1 Å². The molecule has 7 heteroatoms. The van der Waals surface area contributed by atoms with Crippen LogP contribution in [0.1, 0.15) is 29.8 Å². The zero-order valence-electron chi connectivity index (χ0n) is 14.2. The van der Waals surface area contributed by atoms with E-state index >= 15 is 0 Å². The summed E-state index contributed by atoms with van der Waals surface area (Å²) in [4.78, 5) is 20.8. The van der Waals surface area contributed by atoms with Gasteiger partial charge >= 0.3 is 0 Å². The largest absolute Gasteiger partial charge is 0.387 e. The Hall–Kier alpha value is -2.25. The van der Waals surface area contributed by atoms with Crippen LogP contribution in [0.2, 0.25) is 0 Å². The summed E-state index contributed by atoms with van der Waals surface area (Å²) in [7, 11) is 0. The maximum Gasteiger partial charge on any atom is 0.271 e. The minimum atomic E-state index is -0.799. The van der Waals surface area contributed by atoms with Gasteiger partial charge in [-0.2, -0.15) is 5.10 Å². The highest BCUT2D eigenvalue weighted by atomic mass is 16.3. The number of rotatable bonds is 4. The van der Waals surface area contributed by atoms with E-state index in [1.165, 1.54) is 12.8 Å². The first-order chi connectivity index (χ1) is 12.1. The second-order valence-corrected chi connectivity index (χ2v) is 7.09. The molecule has 1 amide bonds. The Kier molecular flexibility index (Phi) is 4.27. The third-order valence-corrected chi connectivity index (χ3v) is 5.10. The average Bonchev–Trinajstić information content (AvgIpc) is 3.36. The summed E-state index contributed by atoms with van der Waals surface area (Å²) in [5, 5.41) is 17.9. The van der Waals surface area contributed by atoms with Crippen molar-refractivity contribution in [3.05, 3.63) is 36.3 Å². The summed E-state index contributed by atoms with van der Waals surface area (Å²) >= 11 is 0. The molecule has 2 aromatic rings. The number of pyridine rings is 1. The first kappa shape index (κ1) is 16.2. The predicted octanol–water partition coefficient (Wildman–Crippen LogP) is 1.14. The van der Waals surface area contributed by atoms with Crippen LogP contribution in [-0.2, 0) is 0 Å². The van der Waals surface area contributed by atoms with Crippen molar-refractivity contribution in [2.45, 2.75) is 24.9 Å². The number of aliphatic hydroxyl groups is 1. The highest BCUT2D eigenvalue weighted by Gasteiger charge is 2.40. The molecule has 2 fully saturated rings. The molecular weight excluding hydrogens is 318 g/mol. The minimum Gasteiger partial charge on any atom is -0.387 e. The fraction of sp³-hybridized carbons (Fsp3) is 0.500. The van der Waals surface area contributed by atoms with E-state index in [2.05, 4.69) is 20.1 Å². The summed E-state index contributed by atoms with van der Waals surface area (Å²) in [6.45, 7) is 3.70. The predicted molar refractivity (Wildman–Crippen MR) is 93.0 cm³/mol. The number of carbonyl (C=O) groups excluding carboxylic acids is 1. The molecule has 2 saturated heterocycles. The number of hydrogen-bond donors (Lipinski definition) is 2. The van der Waals surface area contributed by atoms with Crippen LogP contribution in [0.4, 0.5) is 0 Å². The van der Waals surface area contributed by atoms with Crippen molar-refractivity contribution >= 4 is 5.91 Å². The molecule has 2 aromatic heterocycles. The Morgan fingerprint density at radius 1 is 1.32 bits per heavy atom. The van der Waals surface area contributed by atoms with Gasteiger partial charge < -0.3 is 14.9 Å². The van der Waals surface area contributed by atoms with Gasteiger partial charge in [-0.1, -0.05) is 0 Å². The van der Waals surface area contributed by atoms with E-state index in [-0.39, 0.29) is 5.91 Å². The maximum absolute atomic E-state index is 12.7. The Morgan fingerprint density at radius 2 is 2.16 bits per heavy atom. The van der Waals surface area contributed by atoms with Crippen molar-refractivity contribution in [3.8, 4) is 11.3 Å². The van der Waals surface area contributed by atoms with Crippen molar-refractivity contribution in [2.24, 2.45) is 0 Å². The molecule has 25 heavy (non-hydrogen) atoms. The molecule has 0 aromatic carbocycles. The van der Waals surface area contributed by atoms with Gasteiger partial charge in [-0.3, -0.25) is 14.9 Å². The minimum absolute atomic E-state index is 0.111. The van der Waals surface area contributed by atoms with Crippen LogP contribution in [0, 0.1) is 0 Å². The lowest BCUT2D eigenvalue weighted by atomic mass is 10.0. The van der Waals surface area contributed by atoms with E-state index in [0.29, 0.717) is 37.4 Å². The van der Waals surface area contributed by atoms with Crippen molar-refractivity contribution in [1.29, 1.82) is 0 Å². The maximum atomic E-state index is 12.7. The molecule has 2 aliphatic rings. The molecule has 0 bridgehead atoms. The Bertz CT molecular complexity index is 741. The number of amides is 1. The topological polar surface area (TPSA) is 85.3 Å². The molecule has 0 unspecified atom stereocenters. The molecule has 1 atom stereocenters. The quantitative estimate of drug-likeness (QED) is 0.871. The van der Waals surface area contributed by atoms with Crippen LogP contribution in [0.5, 0.6) is 0 Å². The van der Waals surface area contributed by atoms with Gasteiger partial charge in [0.05, 0.1) is 17.8 Å². The highest BCUT2D eigenvalue weighted by Crippen LogP contribution is 2.26. The second kappa shape index (κ2) is 6.57. The summed E-state index contributed by atoms with van der Waals surface area (Å²) in [5.74, 6) is -0.111. The lowest BCUT2D eigenvalue weighted by Crippen LogP contribution is -2.45. The first-order valence-electron chi connectivity index (χ1n) is 8.83. The zero-order chi connectivity index (χ0) is 17.3. The van der Waals surface area contributed by atoms with Crippen LogP contribution in [0.25, 0.3) is 11.3 Å². The zero-order valence-corrected chi connectivity index (χ0v) is 14.2. The summed E-state index contributed by atoms with van der Waals surface area (Å²) < 4.78 is 0. The highest BCUT2D eigenvalue weighted by molar-refractivity contribution is 5.93. The summed E-state index contributed by atoms with van der Waals surface area (Å²) in [6.07, 6.45) is 6.44. The van der Waals surface area contributed by atoms with Gasteiger partial charge in [0.1, 0.15) is 5.69 Å². The number of H-pyrrole nitrogens is 1. The SMILES string of the molecule is O=C(c1cc(-c2cccnc2)n[nH]1)N1CC[C@@](O)(CN2CCCC2)C1. The number of nitrogens with zero attached hydrogens (tertiary/aromatic N) is 4. The smallest absolute Gasteiger partial charge is 0.271 e. The van der Waals surface area contributed by atoms with Crippen molar-refractivity contribution in [1.82, 2.24) is 25.0 Å². The Morgan fingerprint density at radius 3 is 2.92 bits per heavy atom. The standard InChI is InChI=1S/C18H23N5O2/c24-17(16-10-15(20-21-16)14-4-3-6-19-11-14)23-9-5-18(25,13-23)12-22-7-1-2-8-22/h3-4,6,10-11,25H,1-2,5,7-9,12-13H2,(H,20,21)/t18-/m1/s1. The third kappa shape index (κ3) is 3.43. The van der Waals surface area contributed by atoms with Gasteiger partial charge in [0, 0.05) is 31.0 Å². The molecule has 2 aliphatic heterocycles. The number of hydrogen-bond acceptors (Lipinski definition) is 5. The molecule has 2 N–H and O–H groups in total. The summed E-state index contributed by atoms with van der Waals surface area (Å²) in [6, 6.07) is 5.49. The van der Waals surface area contributed by atoms with E-state index in [0.717, 1.165) is 18.7 Å². The molecule has 0 spiro atoms. The van der Waals surface area contributed by atoms with Crippen LogP contribution in [0.15, 0.2) is 30.6 Å². The van der Waals surface area contributed by atoms with Gasteiger partial charge in [0.2, 0.25) is 0 Å². The molecular formula is C18H23N5O2. The van der Waals surface area contributed by atoms with E-state index in [4.69, 9.17) is 0 Å². The molecule has 132 valence electrons. The lowest BCUT2D eigenvalue weighted by molar-refractivity contribution is 0.0175.